The van der Waals surface area contributed by atoms with E-state index in [1.165, 1.54) is 6.08 Å². The molecule has 2 aromatic rings. The summed E-state index contributed by atoms with van der Waals surface area (Å²) in [4.78, 5) is 24.9. The number of halogens is 4. The Morgan fingerprint density at radius 1 is 1.00 bits per heavy atom. The number of hydrogen-bond donors (Lipinski definition) is 0. The predicted octanol–water partition coefficient (Wildman–Crippen LogP) is 6.85. The van der Waals surface area contributed by atoms with Crippen LogP contribution in [-0.2, 0) is 25.7 Å². The van der Waals surface area contributed by atoms with E-state index in [1.54, 1.807) is 30.3 Å². The van der Waals surface area contributed by atoms with E-state index in [4.69, 9.17) is 37.4 Å². The van der Waals surface area contributed by atoms with Gasteiger partial charge in [0.2, 0.25) is 0 Å². The number of ether oxygens (including phenoxy) is 3. The summed E-state index contributed by atoms with van der Waals surface area (Å²) in [5, 5.41) is 1.06. The first-order chi connectivity index (χ1) is 14.8. The van der Waals surface area contributed by atoms with Gasteiger partial charge in [0, 0.05) is 28.5 Å². The molecule has 0 aromatic heterocycles. The van der Waals surface area contributed by atoms with Crippen LogP contribution in [-0.4, -0.2) is 17.7 Å². The number of hydrogen-bond acceptors (Lipinski definition) is 5. The zero-order valence-corrected chi connectivity index (χ0v) is 20.7. The standard InChI is InChI=1S/C22H16Br2Cl2O5/c23-16-8-12(7-15-20(27)30-22(31-21(15)28)5-1-2-6-22)9-17(24)19(16)29-11-13-3-4-14(25)10-18(13)26/h3-4,7-10H,1-2,5-6,11H2. The number of rotatable bonds is 4. The third kappa shape index (κ3) is 4.95. The molecule has 0 N–H and O–H groups in total. The molecule has 1 heterocycles. The van der Waals surface area contributed by atoms with Crippen molar-refractivity contribution in [1.29, 1.82) is 0 Å². The van der Waals surface area contributed by atoms with Gasteiger partial charge in [-0.15, -0.1) is 0 Å². The second-order valence-corrected chi connectivity index (χ2v) is 9.85. The SMILES string of the molecule is O=C1OC2(CCCC2)OC(=O)C1=Cc1cc(Br)c(OCc2ccc(Cl)cc2Cl)c(Br)c1. The van der Waals surface area contributed by atoms with E-state index in [1.807, 2.05) is 0 Å². The van der Waals surface area contributed by atoms with Gasteiger partial charge in [0.25, 0.3) is 5.79 Å². The summed E-state index contributed by atoms with van der Waals surface area (Å²) in [6.07, 6.45) is 4.25. The topological polar surface area (TPSA) is 61.8 Å². The first-order valence-corrected chi connectivity index (χ1v) is 11.8. The first kappa shape index (κ1) is 22.6. The summed E-state index contributed by atoms with van der Waals surface area (Å²) in [5.41, 5.74) is 1.24. The highest BCUT2D eigenvalue weighted by Gasteiger charge is 2.47. The Morgan fingerprint density at radius 3 is 2.19 bits per heavy atom. The van der Waals surface area contributed by atoms with Crippen LogP contribution in [0, 0.1) is 0 Å². The van der Waals surface area contributed by atoms with E-state index in [0.29, 0.717) is 43.1 Å². The van der Waals surface area contributed by atoms with Crippen molar-refractivity contribution in [2.45, 2.75) is 38.1 Å². The van der Waals surface area contributed by atoms with E-state index in [-0.39, 0.29) is 12.2 Å². The molecule has 0 unspecified atom stereocenters. The Bertz CT molecular complexity index is 1050. The molecule has 4 rings (SSSR count). The Balaban J connectivity index is 1.53. The van der Waals surface area contributed by atoms with Crippen LogP contribution >= 0.6 is 55.1 Å². The lowest BCUT2D eigenvalue weighted by molar-refractivity contribution is -0.232. The minimum Gasteiger partial charge on any atom is -0.486 e. The van der Waals surface area contributed by atoms with Crippen molar-refractivity contribution in [3.8, 4) is 5.75 Å². The van der Waals surface area contributed by atoms with Gasteiger partial charge >= 0.3 is 11.9 Å². The summed E-state index contributed by atoms with van der Waals surface area (Å²) < 4.78 is 18.1. The number of benzene rings is 2. The van der Waals surface area contributed by atoms with Gasteiger partial charge in [-0.05, 0) is 80.6 Å². The van der Waals surface area contributed by atoms with Gasteiger partial charge in [-0.25, -0.2) is 9.59 Å². The zero-order chi connectivity index (χ0) is 22.2. The fourth-order valence-electron chi connectivity index (χ4n) is 3.54. The summed E-state index contributed by atoms with van der Waals surface area (Å²) in [5.74, 6) is -1.87. The zero-order valence-electron chi connectivity index (χ0n) is 16.1. The van der Waals surface area contributed by atoms with Crippen molar-refractivity contribution in [3.63, 3.8) is 0 Å². The quantitative estimate of drug-likeness (QED) is 0.221. The van der Waals surface area contributed by atoms with Crippen molar-refractivity contribution in [3.05, 3.63) is 66.0 Å². The number of carbonyl (C=O) groups excluding carboxylic acids is 2. The summed E-state index contributed by atoms with van der Waals surface area (Å²) in [6.45, 7) is 0.231. The van der Waals surface area contributed by atoms with Crippen molar-refractivity contribution < 1.29 is 23.8 Å². The monoisotopic (exact) mass is 588 g/mol. The van der Waals surface area contributed by atoms with Gasteiger partial charge in [-0.1, -0.05) is 29.3 Å². The molecule has 0 atom stereocenters. The van der Waals surface area contributed by atoms with E-state index in [2.05, 4.69) is 31.9 Å². The Kier molecular flexibility index (Phi) is 6.68. The Labute approximate surface area is 205 Å². The molecule has 2 fully saturated rings. The average Bonchev–Trinajstić information content (AvgIpc) is 3.13. The van der Waals surface area contributed by atoms with Crippen LogP contribution in [0.25, 0.3) is 6.08 Å². The smallest absolute Gasteiger partial charge is 0.348 e. The van der Waals surface area contributed by atoms with Gasteiger partial charge in [0.05, 0.1) is 8.95 Å². The highest BCUT2D eigenvalue weighted by atomic mass is 79.9. The summed E-state index contributed by atoms with van der Waals surface area (Å²) >= 11 is 19.1. The van der Waals surface area contributed by atoms with Crippen LogP contribution in [0.1, 0.15) is 36.8 Å². The fourth-order valence-corrected chi connectivity index (χ4v) is 5.46. The van der Waals surface area contributed by atoms with Crippen molar-refractivity contribution >= 4 is 73.1 Å². The lowest BCUT2D eigenvalue weighted by Gasteiger charge is -2.32. The number of esters is 2. The predicted molar refractivity (Wildman–Crippen MR) is 124 cm³/mol. The third-order valence-electron chi connectivity index (χ3n) is 5.08. The molecule has 1 aliphatic carbocycles. The van der Waals surface area contributed by atoms with Crippen molar-refractivity contribution in [2.24, 2.45) is 0 Å². The summed E-state index contributed by atoms with van der Waals surface area (Å²) in [7, 11) is 0. The highest BCUT2D eigenvalue weighted by molar-refractivity contribution is 9.11. The molecule has 1 aliphatic heterocycles. The van der Waals surface area contributed by atoms with Crippen LogP contribution in [0.5, 0.6) is 5.75 Å². The molecule has 1 saturated heterocycles. The van der Waals surface area contributed by atoms with E-state index >= 15 is 0 Å². The normalized spacial score (nSPS) is 17.5. The maximum Gasteiger partial charge on any atom is 0.348 e. The molecular weight excluding hydrogens is 575 g/mol. The fraction of sp³-hybridized carbons (Fsp3) is 0.273. The molecule has 162 valence electrons. The van der Waals surface area contributed by atoms with Gasteiger partial charge in [0.15, 0.2) is 0 Å². The largest absolute Gasteiger partial charge is 0.486 e. The van der Waals surface area contributed by atoms with Gasteiger partial charge < -0.3 is 14.2 Å². The molecule has 1 saturated carbocycles. The molecule has 9 heteroatoms. The van der Waals surface area contributed by atoms with Crippen LogP contribution in [0.3, 0.4) is 0 Å². The van der Waals surface area contributed by atoms with Gasteiger partial charge in [0.1, 0.15) is 17.9 Å². The first-order valence-electron chi connectivity index (χ1n) is 9.50. The minimum absolute atomic E-state index is 0.141. The van der Waals surface area contributed by atoms with Crippen LogP contribution in [0.15, 0.2) is 44.9 Å². The van der Waals surface area contributed by atoms with E-state index in [9.17, 15) is 9.59 Å². The maximum atomic E-state index is 12.5. The lowest BCUT2D eigenvalue weighted by Crippen LogP contribution is -2.44. The molecule has 31 heavy (non-hydrogen) atoms. The van der Waals surface area contributed by atoms with Gasteiger partial charge in [-0.2, -0.15) is 0 Å². The lowest BCUT2D eigenvalue weighted by atomic mass is 10.1. The second kappa shape index (κ2) is 9.14. The van der Waals surface area contributed by atoms with E-state index < -0.39 is 17.7 Å². The molecule has 0 radical (unpaired) electrons. The summed E-state index contributed by atoms with van der Waals surface area (Å²) in [6, 6.07) is 8.65. The van der Waals surface area contributed by atoms with E-state index in [0.717, 1.165) is 18.4 Å². The minimum atomic E-state index is -1.09. The van der Waals surface area contributed by atoms with Crippen molar-refractivity contribution in [2.75, 3.05) is 0 Å². The molecule has 0 bridgehead atoms. The van der Waals surface area contributed by atoms with Crippen LogP contribution < -0.4 is 4.74 Å². The Hall–Kier alpha value is -1.54. The Morgan fingerprint density at radius 2 is 1.61 bits per heavy atom. The molecule has 1 spiro atoms. The van der Waals surface area contributed by atoms with Gasteiger partial charge in [-0.3, -0.25) is 0 Å². The molecule has 2 aliphatic rings. The molecule has 5 nitrogen and oxygen atoms in total. The maximum absolute atomic E-state index is 12.5. The molecule has 0 amide bonds. The number of carbonyl (C=O) groups is 2. The third-order valence-corrected chi connectivity index (χ3v) is 6.85. The van der Waals surface area contributed by atoms with Crippen LogP contribution in [0.2, 0.25) is 10.0 Å². The molecular formula is C22H16Br2Cl2O5. The van der Waals surface area contributed by atoms with Crippen molar-refractivity contribution in [1.82, 2.24) is 0 Å². The van der Waals surface area contributed by atoms with Crippen LogP contribution in [0.4, 0.5) is 0 Å². The second-order valence-electron chi connectivity index (χ2n) is 7.29. The average molecular weight is 591 g/mol. The highest BCUT2D eigenvalue weighted by Crippen LogP contribution is 2.40. The molecule has 2 aromatic carbocycles.